The zero-order chi connectivity index (χ0) is 26.0. The van der Waals surface area contributed by atoms with Crippen molar-refractivity contribution in [2.24, 2.45) is 0 Å². The van der Waals surface area contributed by atoms with Crippen molar-refractivity contribution in [3.63, 3.8) is 0 Å². The fraction of sp³-hybridized carbons (Fsp3) is 0.462. The third-order valence-electron chi connectivity index (χ3n) is 5.79. The van der Waals surface area contributed by atoms with Gasteiger partial charge >= 0.3 is 0 Å². The molecule has 1 N–H and O–H groups in total. The van der Waals surface area contributed by atoms with E-state index in [2.05, 4.69) is 5.32 Å². The van der Waals surface area contributed by atoms with Crippen LogP contribution in [0.1, 0.15) is 44.7 Å². The molecule has 0 saturated carbocycles. The molecule has 35 heavy (non-hydrogen) atoms. The van der Waals surface area contributed by atoms with E-state index in [1.165, 1.54) is 9.21 Å². The lowest BCUT2D eigenvalue weighted by Gasteiger charge is -2.29. The molecule has 1 atom stereocenters. The number of hydrogen-bond acceptors (Lipinski definition) is 5. The van der Waals surface area contributed by atoms with Gasteiger partial charge in [-0.1, -0.05) is 31.2 Å². The van der Waals surface area contributed by atoms with Gasteiger partial charge in [0.15, 0.2) is 0 Å². The Morgan fingerprint density at radius 1 is 1.06 bits per heavy atom. The quantitative estimate of drug-likeness (QED) is 0.452. The van der Waals surface area contributed by atoms with E-state index in [9.17, 15) is 18.0 Å². The average molecular weight is 504 g/mol. The maximum Gasteiger partial charge on any atom is 0.242 e. The summed E-state index contributed by atoms with van der Waals surface area (Å²) in [5.41, 5.74) is 2.52. The normalized spacial score (nSPS) is 12.0. The van der Waals surface area contributed by atoms with Gasteiger partial charge in [0.25, 0.3) is 0 Å². The Bertz CT molecular complexity index is 1090. The van der Waals surface area contributed by atoms with Gasteiger partial charge in [-0.15, -0.1) is 0 Å². The van der Waals surface area contributed by atoms with E-state index in [0.29, 0.717) is 24.4 Å². The fourth-order valence-electron chi connectivity index (χ4n) is 3.77. The number of likely N-dealkylation sites (N-methyl/N-ethyl adjacent to an activating group) is 1. The van der Waals surface area contributed by atoms with Crippen molar-refractivity contribution in [2.75, 3.05) is 30.8 Å². The Hall–Kier alpha value is -3.07. The van der Waals surface area contributed by atoms with Gasteiger partial charge in [0.1, 0.15) is 11.8 Å². The number of anilines is 1. The van der Waals surface area contributed by atoms with Crippen LogP contribution >= 0.6 is 0 Å². The first kappa shape index (κ1) is 28.2. The SMILES string of the molecule is CCNC(=O)[C@@H](C)N(Cc1cccc(OC)c1)C(=O)CCCN(c1ccc(CC)cc1)S(C)(=O)=O. The molecule has 0 aliphatic carbocycles. The van der Waals surface area contributed by atoms with Crippen molar-refractivity contribution < 1.29 is 22.7 Å². The van der Waals surface area contributed by atoms with E-state index in [0.717, 1.165) is 23.8 Å². The van der Waals surface area contributed by atoms with Gasteiger partial charge in [-0.25, -0.2) is 8.42 Å². The highest BCUT2D eigenvalue weighted by Gasteiger charge is 2.26. The smallest absolute Gasteiger partial charge is 0.242 e. The van der Waals surface area contributed by atoms with E-state index in [-0.39, 0.29) is 31.3 Å². The van der Waals surface area contributed by atoms with E-state index >= 15 is 0 Å². The number of ether oxygens (including phenoxy) is 1. The lowest BCUT2D eigenvalue weighted by atomic mass is 10.1. The van der Waals surface area contributed by atoms with Crippen molar-refractivity contribution in [2.45, 2.75) is 52.6 Å². The van der Waals surface area contributed by atoms with Crippen LogP contribution in [0.3, 0.4) is 0 Å². The van der Waals surface area contributed by atoms with Gasteiger partial charge in [-0.3, -0.25) is 13.9 Å². The summed E-state index contributed by atoms with van der Waals surface area (Å²) in [5.74, 6) is 0.206. The molecule has 0 aliphatic heterocycles. The lowest BCUT2D eigenvalue weighted by Crippen LogP contribution is -2.47. The monoisotopic (exact) mass is 503 g/mol. The maximum atomic E-state index is 13.3. The van der Waals surface area contributed by atoms with E-state index in [1.807, 2.05) is 50.2 Å². The lowest BCUT2D eigenvalue weighted by molar-refractivity contribution is -0.140. The second-order valence-corrected chi connectivity index (χ2v) is 10.3. The highest BCUT2D eigenvalue weighted by molar-refractivity contribution is 7.92. The first-order chi connectivity index (χ1) is 16.6. The van der Waals surface area contributed by atoms with Gasteiger partial charge in [0.05, 0.1) is 19.1 Å². The molecule has 192 valence electrons. The van der Waals surface area contributed by atoms with Crippen LogP contribution in [0, 0.1) is 0 Å². The second-order valence-electron chi connectivity index (χ2n) is 8.40. The molecule has 8 nitrogen and oxygen atoms in total. The van der Waals surface area contributed by atoms with Crippen LogP contribution in [-0.2, 0) is 32.6 Å². The minimum atomic E-state index is -3.52. The van der Waals surface area contributed by atoms with Crippen LogP contribution in [0.2, 0.25) is 0 Å². The van der Waals surface area contributed by atoms with Crippen molar-refractivity contribution in [3.8, 4) is 5.75 Å². The summed E-state index contributed by atoms with van der Waals surface area (Å²) in [6, 6.07) is 14.1. The molecule has 0 bridgehead atoms. The van der Waals surface area contributed by atoms with Crippen LogP contribution in [0.25, 0.3) is 0 Å². The summed E-state index contributed by atoms with van der Waals surface area (Å²) in [4.78, 5) is 27.3. The van der Waals surface area contributed by atoms with E-state index < -0.39 is 16.1 Å². The van der Waals surface area contributed by atoms with Gasteiger partial charge in [0, 0.05) is 26.1 Å². The van der Waals surface area contributed by atoms with E-state index in [4.69, 9.17) is 4.74 Å². The molecule has 0 heterocycles. The topological polar surface area (TPSA) is 96.0 Å². The summed E-state index contributed by atoms with van der Waals surface area (Å²) in [5, 5.41) is 2.77. The Morgan fingerprint density at radius 3 is 2.31 bits per heavy atom. The Labute approximate surface area is 209 Å². The van der Waals surface area contributed by atoms with Crippen LogP contribution < -0.4 is 14.4 Å². The molecule has 0 aromatic heterocycles. The number of sulfonamides is 1. The van der Waals surface area contributed by atoms with Gasteiger partial charge < -0.3 is 15.0 Å². The van der Waals surface area contributed by atoms with E-state index in [1.54, 1.807) is 26.2 Å². The molecule has 0 aliphatic rings. The summed E-state index contributed by atoms with van der Waals surface area (Å²) in [7, 11) is -1.95. The number of aryl methyl sites for hydroxylation is 1. The molecule has 2 rings (SSSR count). The molecule has 0 spiro atoms. The predicted molar refractivity (Wildman–Crippen MR) is 139 cm³/mol. The molecular formula is C26H37N3O5S. The van der Waals surface area contributed by atoms with Gasteiger partial charge in [-0.05, 0) is 62.1 Å². The Balaban J connectivity index is 2.16. The molecule has 0 saturated heterocycles. The third-order valence-corrected chi connectivity index (χ3v) is 6.98. The number of methoxy groups -OCH3 is 1. The zero-order valence-electron chi connectivity index (χ0n) is 21.3. The van der Waals surface area contributed by atoms with Crippen LogP contribution in [0.15, 0.2) is 48.5 Å². The van der Waals surface area contributed by atoms with Crippen molar-refractivity contribution in [1.29, 1.82) is 0 Å². The summed E-state index contributed by atoms with van der Waals surface area (Å²) >= 11 is 0. The first-order valence-corrected chi connectivity index (χ1v) is 13.7. The molecule has 2 aromatic rings. The molecule has 2 amide bonds. The number of carbonyl (C=O) groups excluding carboxylic acids is 2. The largest absolute Gasteiger partial charge is 0.497 e. The highest BCUT2D eigenvalue weighted by Crippen LogP contribution is 2.21. The van der Waals surface area contributed by atoms with Crippen molar-refractivity contribution in [3.05, 3.63) is 59.7 Å². The number of nitrogens with one attached hydrogen (secondary N) is 1. The molecule has 0 unspecified atom stereocenters. The highest BCUT2D eigenvalue weighted by atomic mass is 32.2. The number of hydrogen-bond donors (Lipinski definition) is 1. The summed E-state index contributed by atoms with van der Waals surface area (Å²) in [6.45, 7) is 6.42. The molecular weight excluding hydrogens is 466 g/mol. The minimum Gasteiger partial charge on any atom is -0.497 e. The van der Waals surface area contributed by atoms with Gasteiger partial charge in [0.2, 0.25) is 21.8 Å². The summed E-state index contributed by atoms with van der Waals surface area (Å²) < 4.78 is 31.5. The number of rotatable bonds is 13. The van der Waals surface area contributed by atoms with Crippen LogP contribution in [0.4, 0.5) is 5.69 Å². The zero-order valence-corrected chi connectivity index (χ0v) is 22.1. The Kier molecular flexibility index (Phi) is 10.6. The standard InChI is InChI=1S/C26H37N3O5S/c1-6-21-13-15-23(16-14-21)29(35(5,32)33)17-9-12-25(30)28(20(3)26(31)27-7-2)19-22-10-8-11-24(18-22)34-4/h8,10-11,13-16,18,20H,6-7,9,12,17,19H2,1-5H3,(H,27,31)/t20-/m1/s1. The summed E-state index contributed by atoms with van der Waals surface area (Å²) in [6.07, 6.45) is 2.44. The minimum absolute atomic E-state index is 0.104. The number of nitrogens with zero attached hydrogens (tertiary/aromatic N) is 2. The van der Waals surface area contributed by atoms with Gasteiger partial charge in [-0.2, -0.15) is 0 Å². The van der Waals surface area contributed by atoms with Crippen molar-refractivity contribution in [1.82, 2.24) is 10.2 Å². The molecule has 0 fully saturated rings. The predicted octanol–water partition coefficient (Wildman–Crippen LogP) is 3.36. The first-order valence-electron chi connectivity index (χ1n) is 11.9. The molecule has 9 heteroatoms. The maximum absolute atomic E-state index is 13.3. The third kappa shape index (κ3) is 8.28. The Morgan fingerprint density at radius 2 is 1.74 bits per heavy atom. The van der Waals surface area contributed by atoms with Crippen LogP contribution in [-0.4, -0.2) is 57.6 Å². The number of carbonyl (C=O) groups is 2. The average Bonchev–Trinajstić information content (AvgIpc) is 2.84. The van der Waals surface area contributed by atoms with Crippen LogP contribution in [0.5, 0.6) is 5.75 Å². The molecule has 0 radical (unpaired) electrons. The van der Waals surface area contributed by atoms with Crippen molar-refractivity contribution >= 4 is 27.5 Å². The second kappa shape index (κ2) is 13.1. The number of amides is 2. The fourth-order valence-corrected chi connectivity index (χ4v) is 4.74. The molecule has 2 aromatic carbocycles. The number of benzene rings is 2.